The Morgan fingerprint density at radius 1 is 1.26 bits per heavy atom. The number of carbonyl (C=O) groups is 3. The molecule has 0 saturated carbocycles. The fourth-order valence-corrected chi connectivity index (χ4v) is 2.34. The van der Waals surface area contributed by atoms with E-state index in [1.807, 2.05) is 0 Å². The molecule has 1 atom stereocenters. The molecule has 7 nitrogen and oxygen atoms in total. The van der Waals surface area contributed by atoms with Crippen molar-refractivity contribution in [2.24, 2.45) is 5.92 Å². The van der Waals surface area contributed by atoms with Gasteiger partial charge in [-0.2, -0.15) is 0 Å². The molecule has 0 fully saturated rings. The summed E-state index contributed by atoms with van der Waals surface area (Å²) < 4.78 is 22.9. The van der Waals surface area contributed by atoms with Crippen LogP contribution in [0.3, 0.4) is 0 Å². The molecular weight excluding hydrogens is 379 g/mol. The quantitative estimate of drug-likeness (QED) is 0.701. The molecule has 2 N–H and O–H groups in total. The highest BCUT2D eigenvalue weighted by Gasteiger charge is 2.27. The maximum Gasteiger partial charge on any atom is 0.329 e. The Labute approximate surface area is 159 Å². The second kappa shape index (κ2) is 9.18. The minimum Gasteiger partial charge on any atom is -0.459 e. The average molecular weight is 397 g/mol. The summed E-state index contributed by atoms with van der Waals surface area (Å²) in [6.07, 6.45) is 1.34. The maximum atomic E-state index is 13.0. The van der Waals surface area contributed by atoms with Crippen molar-refractivity contribution in [2.45, 2.75) is 19.9 Å². The maximum absolute atomic E-state index is 13.0. The molecule has 2 amide bonds. The number of ether oxygens (including phenoxy) is 1. The number of rotatable bonds is 7. The summed E-state index contributed by atoms with van der Waals surface area (Å²) in [6.45, 7) is 2.84. The Hall–Kier alpha value is -2.87. The van der Waals surface area contributed by atoms with Crippen LogP contribution in [0, 0.1) is 11.7 Å². The van der Waals surface area contributed by atoms with Crippen molar-refractivity contribution in [1.29, 1.82) is 0 Å². The van der Waals surface area contributed by atoms with Crippen LogP contribution in [0.1, 0.15) is 24.4 Å². The van der Waals surface area contributed by atoms with Gasteiger partial charge in [-0.3, -0.25) is 9.59 Å². The van der Waals surface area contributed by atoms with E-state index in [2.05, 4.69) is 10.6 Å². The van der Waals surface area contributed by atoms with Gasteiger partial charge in [-0.25, -0.2) is 9.18 Å². The Kier molecular flexibility index (Phi) is 6.95. The molecule has 0 saturated heterocycles. The molecule has 144 valence electrons. The third kappa shape index (κ3) is 5.82. The van der Waals surface area contributed by atoms with E-state index in [9.17, 15) is 18.8 Å². The molecule has 0 radical (unpaired) electrons. The van der Waals surface area contributed by atoms with Gasteiger partial charge in [0.15, 0.2) is 12.4 Å². The first kappa shape index (κ1) is 20.4. The van der Waals surface area contributed by atoms with Crippen molar-refractivity contribution in [3.05, 3.63) is 53.2 Å². The largest absolute Gasteiger partial charge is 0.459 e. The molecule has 0 bridgehead atoms. The molecule has 1 heterocycles. The second-order valence-corrected chi connectivity index (χ2v) is 6.36. The van der Waals surface area contributed by atoms with E-state index in [0.717, 1.165) is 12.1 Å². The van der Waals surface area contributed by atoms with Crippen LogP contribution in [0.2, 0.25) is 5.02 Å². The normalized spacial score (nSPS) is 11.7. The lowest BCUT2D eigenvalue weighted by Gasteiger charge is -2.20. The van der Waals surface area contributed by atoms with E-state index < -0.39 is 36.2 Å². The summed E-state index contributed by atoms with van der Waals surface area (Å²) >= 11 is 5.82. The molecule has 2 aromatic rings. The molecule has 0 unspecified atom stereocenters. The summed E-state index contributed by atoms with van der Waals surface area (Å²) in [7, 11) is 0. The van der Waals surface area contributed by atoms with E-state index in [4.69, 9.17) is 20.8 Å². The smallest absolute Gasteiger partial charge is 0.329 e. The molecule has 0 aliphatic heterocycles. The molecule has 0 aliphatic rings. The first-order valence-corrected chi connectivity index (χ1v) is 8.41. The van der Waals surface area contributed by atoms with Crippen LogP contribution in [0.4, 0.5) is 10.1 Å². The van der Waals surface area contributed by atoms with E-state index in [0.29, 0.717) is 0 Å². The number of hydrogen-bond acceptors (Lipinski definition) is 5. The van der Waals surface area contributed by atoms with Gasteiger partial charge in [-0.15, -0.1) is 0 Å². The highest BCUT2D eigenvalue weighted by atomic mass is 35.5. The molecule has 1 aromatic heterocycles. The molecule has 0 aliphatic carbocycles. The van der Waals surface area contributed by atoms with Gasteiger partial charge in [0, 0.05) is 0 Å². The van der Waals surface area contributed by atoms with Crippen molar-refractivity contribution >= 4 is 35.1 Å². The Morgan fingerprint density at radius 3 is 2.59 bits per heavy atom. The van der Waals surface area contributed by atoms with Gasteiger partial charge < -0.3 is 19.8 Å². The van der Waals surface area contributed by atoms with Gasteiger partial charge in [-0.1, -0.05) is 25.4 Å². The SMILES string of the molecule is CC(C)[C@H](NC(=O)c1ccco1)C(=O)OCC(=O)Nc1ccc(F)cc1Cl. The summed E-state index contributed by atoms with van der Waals surface area (Å²) in [5.74, 6) is -2.78. The van der Waals surface area contributed by atoms with Crippen molar-refractivity contribution in [3.63, 3.8) is 0 Å². The third-order valence-electron chi connectivity index (χ3n) is 3.50. The number of anilines is 1. The topological polar surface area (TPSA) is 97.6 Å². The lowest BCUT2D eigenvalue weighted by atomic mass is 10.0. The summed E-state index contributed by atoms with van der Waals surface area (Å²) in [6, 6.07) is 5.50. The minimum atomic E-state index is -0.968. The van der Waals surface area contributed by atoms with E-state index >= 15 is 0 Å². The zero-order valence-corrected chi connectivity index (χ0v) is 15.4. The fourth-order valence-electron chi connectivity index (χ4n) is 2.12. The van der Waals surface area contributed by atoms with E-state index in [1.54, 1.807) is 19.9 Å². The van der Waals surface area contributed by atoms with Gasteiger partial charge in [0.2, 0.25) is 0 Å². The molecule has 0 spiro atoms. The highest BCUT2D eigenvalue weighted by molar-refractivity contribution is 6.33. The van der Waals surface area contributed by atoms with Gasteiger partial charge >= 0.3 is 5.97 Å². The summed E-state index contributed by atoms with van der Waals surface area (Å²) in [4.78, 5) is 36.2. The van der Waals surface area contributed by atoms with Gasteiger partial charge in [0.1, 0.15) is 11.9 Å². The molecule has 9 heteroatoms. The minimum absolute atomic E-state index is 0.0143. The molecule has 27 heavy (non-hydrogen) atoms. The number of amides is 2. The van der Waals surface area contributed by atoms with Crippen molar-refractivity contribution < 1.29 is 27.9 Å². The highest BCUT2D eigenvalue weighted by Crippen LogP contribution is 2.22. The van der Waals surface area contributed by atoms with Crippen molar-refractivity contribution in [2.75, 3.05) is 11.9 Å². The van der Waals surface area contributed by atoms with E-state index in [-0.39, 0.29) is 22.4 Å². The number of halogens is 2. The number of carbonyl (C=O) groups excluding carboxylic acids is 3. The number of furan rings is 1. The van der Waals surface area contributed by atoms with Gasteiger partial charge in [-0.05, 0) is 36.2 Å². The number of nitrogens with one attached hydrogen (secondary N) is 2. The van der Waals surface area contributed by atoms with Crippen LogP contribution in [0.5, 0.6) is 0 Å². The first-order chi connectivity index (χ1) is 12.8. The zero-order chi connectivity index (χ0) is 20.0. The van der Waals surface area contributed by atoms with Crippen LogP contribution in [0.15, 0.2) is 41.0 Å². The Bertz CT molecular complexity index is 823. The monoisotopic (exact) mass is 396 g/mol. The van der Waals surface area contributed by atoms with Gasteiger partial charge in [0.25, 0.3) is 11.8 Å². The third-order valence-corrected chi connectivity index (χ3v) is 3.82. The van der Waals surface area contributed by atoms with Crippen LogP contribution >= 0.6 is 11.6 Å². The fraction of sp³-hybridized carbons (Fsp3) is 0.278. The average Bonchev–Trinajstić information content (AvgIpc) is 3.14. The summed E-state index contributed by atoms with van der Waals surface area (Å²) in [5.41, 5.74) is 0.186. The lowest BCUT2D eigenvalue weighted by molar-refractivity contribution is -0.150. The molecule has 1 aromatic carbocycles. The predicted molar refractivity (Wildman–Crippen MR) is 95.8 cm³/mol. The molecule has 2 rings (SSSR count). The van der Waals surface area contributed by atoms with Crippen LogP contribution in [-0.2, 0) is 14.3 Å². The number of hydrogen-bond donors (Lipinski definition) is 2. The second-order valence-electron chi connectivity index (χ2n) is 5.95. The van der Waals surface area contributed by atoms with Crippen molar-refractivity contribution in [1.82, 2.24) is 5.32 Å². The van der Waals surface area contributed by atoms with Crippen molar-refractivity contribution in [3.8, 4) is 0 Å². The number of benzene rings is 1. The summed E-state index contributed by atoms with van der Waals surface area (Å²) in [5, 5.41) is 4.93. The van der Waals surface area contributed by atoms with Crippen LogP contribution < -0.4 is 10.6 Å². The first-order valence-electron chi connectivity index (χ1n) is 8.04. The Balaban J connectivity index is 1.91. The lowest BCUT2D eigenvalue weighted by Crippen LogP contribution is -2.45. The van der Waals surface area contributed by atoms with Crippen LogP contribution in [-0.4, -0.2) is 30.4 Å². The predicted octanol–water partition coefficient (Wildman–Crippen LogP) is 3.01. The Morgan fingerprint density at radius 2 is 2.00 bits per heavy atom. The standard InChI is InChI=1S/C18H18ClFN2O5/c1-10(2)16(22-17(24)14-4-3-7-26-14)18(25)27-9-15(23)21-13-6-5-11(20)8-12(13)19/h3-8,10,16H,9H2,1-2H3,(H,21,23)(H,22,24)/t16-/m0/s1. The zero-order valence-electron chi connectivity index (χ0n) is 14.6. The van der Waals surface area contributed by atoms with E-state index in [1.165, 1.54) is 18.4 Å². The van der Waals surface area contributed by atoms with Gasteiger partial charge in [0.05, 0.1) is 17.0 Å². The number of esters is 1. The van der Waals surface area contributed by atoms with Crippen LogP contribution in [0.25, 0.3) is 0 Å². The molecular formula is C18H18ClFN2O5.